The lowest BCUT2D eigenvalue weighted by molar-refractivity contribution is 1.61. The van der Waals surface area contributed by atoms with Crippen molar-refractivity contribution in [3.8, 4) is 0 Å². The number of halogens is 1. The lowest BCUT2D eigenvalue weighted by atomic mass is 10.1. The van der Waals surface area contributed by atoms with Crippen LogP contribution in [0.3, 0.4) is 0 Å². The van der Waals surface area contributed by atoms with Gasteiger partial charge in [0.2, 0.25) is 0 Å². The molecule has 2 aromatic rings. The molecule has 0 amide bonds. The second kappa shape index (κ2) is 5.89. The van der Waals surface area contributed by atoms with Gasteiger partial charge in [0.1, 0.15) is 0 Å². The molecule has 0 aliphatic rings. The number of hydrogen-bond acceptors (Lipinski definition) is 0. The highest BCUT2D eigenvalue weighted by Crippen LogP contribution is 2.13. The van der Waals surface area contributed by atoms with Gasteiger partial charge in [-0.25, -0.2) is 0 Å². The minimum absolute atomic E-state index is 1.11. The van der Waals surface area contributed by atoms with Crippen molar-refractivity contribution in [2.45, 2.75) is 19.6 Å². The fraction of sp³-hybridized carbons (Fsp3) is 0.176. The number of hydrogen-bond donors (Lipinski definition) is 0. The van der Waals surface area contributed by atoms with Crippen LogP contribution in [0.4, 0.5) is 0 Å². The molecule has 0 unspecified atom stereocenters. The SMILES string of the molecule is C[Si](C)(C)c1ccc(/C=C/c2ccc(Br)cc2)cc1. The Morgan fingerprint density at radius 2 is 1.16 bits per heavy atom. The fourth-order valence-corrected chi connectivity index (χ4v) is 3.29. The summed E-state index contributed by atoms with van der Waals surface area (Å²) in [6, 6.07) is 17.3. The van der Waals surface area contributed by atoms with Gasteiger partial charge < -0.3 is 0 Å². The molecule has 0 spiro atoms. The van der Waals surface area contributed by atoms with E-state index < -0.39 is 8.07 Å². The van der Waals surface area contributed by atoms with Gasteiger partial charge in [0.05, 0.1) is 8.07 Å². The van der Waals surface area contributed by atoms with E-state index in [2.05, 4.69) is 96.3 Å². The van der Waals surface area contributed by atoms with Crippen molar-refractivity contribution in [1.29, 1.82) is 0 Å². The Labute approximate surface area is 125 Å². The average molecular weight is 331 g/mol. The molecule has 2 heteroatoms. The maximum absolute atomic E-state index is 3.45. The van der Waals surface area contributed by atoms with Crippen LogP contribution in [0.2, 0.25) is 19.6 Å². The minimum Gasteiger partial charge on any atom is -0.0656 e. The Morgan fingerprint density at radius 1 is 0.737 bits per heavy atom. The lowest BCUT2D eigenvalue weighted by Gasteiger charge is -2.16. The lowest BCUT2D eigenvalue weighted by Crippen LogP contribution is -2.37. The zero-order chi connectivity index (χ0) is 13.9. The Morgan fingerprint density at radius 3 is 1.58 bits per heavy atom. The Kier molecular flexibility index (Phi) is 4.43. The van der Waals surface area contributed by atoms with E-state index >= 15 is 0 Å². The van der Waals surface area contributed by atoms with Gasteiger partial charge in [0.15, 0.2) is 0 Å². The maximum Gasteiger partial charge on any atom is 0.0775 e. The molecule has 0 nitrogen and oxygen atoms in total. The Balaban J connectivity index is 2.13. The van der Waals surface area contributed by atoms with Gasteiger partial charge in [-0.2, -0.15) is 0 Å². The van der Waals surface area contributed by atoms with Crippen LogP contribution in [0.5, 0.6) is 0 Å². The third kappa shape index (κ3) is 4.18. The molecule has 19 heavy (non-hydrogen) atoms. The van der Waals surface area contributed by atoms with Crippen LogP contribution < -0.4 is 5.19 Å². The van der Waals surface area contributed by atoms with E-state index in [4.69, 9.17) is 0 Å². The van der Waals surface area contributed by atoms with Gasteiger partial charge in [0.25, 0.3) is 0 Å². The topological polar surface area (TPSA) is 0 Å². The van der Waals surface area contributed by atoms with E-state index in [9.17, 15) is 0 Å². The first kappa shape index (κ1) is 14.3. The highest BCUT2D eigenvalue weighted by Gasteiger charge is 2.15. The first-order valence-corrected chi connectivity index (χ1v) is 10.8. The summed E-state index contributed by atoms with van der Waals surface area (Å²) in [5.41, 5.74) is 2.47. The minimum atomic E-state index is -1.18. The predicted octanol–water partition coefficient (Wildman–Crippen LogP) is 5.16. The second-order valence-corrected chi connectivity index (χ2v) is 11.7. The molecule has 2 rings (SSSR count). The van der Waals surface area contributed by atoms with Crippen LogP contribution in [-0.4, -0.2) is 8.07 Å². The van der Waals surface area contributed by atoms with E-state index in [-0.39, 0.29) is 0 Å². The molecule has 0 heterocycles. The Bertz CT molecular complexity index is 560. The molecule has 0 saturated heterocycles. The summed E-state index contributed by atoms with van der Waals surface area (Å²) in [5, 5.41) is 1.51. The standard InChI is InChI=1S/C17H19BrSi/c1-19(2,3)17-12-8-15(9-13-17)5-4-14-6-10-16(18)11-7-14/h4-13H,1-3H3/b5-4+. The molecule has 0 bridgehead atoms. The highest BCUT2D eigenvalue weighted by atomic mass is 79.9. The molecule has 2 aromatic carbocycles. The summed E-state index contributed by atoms with van der Waals surface area (Å²) in [5.74, 6) is 0. The molecular formula is C17H19BrSi. The summed E-state index contributed by atoms with van der Waals surface area (Å²) >= 11 is 3.45. The largest absolute Gasteiger partial charge is 0.0775 e. The van der Waals surface area contributed by atoms with Gasteiger partial charge in [-0.15, -0.1) is 0 Å². The van der Waals surface area contributed by atoms with E-state index in [1.54, 1.807) is 0 Å². The van der Waals surface area contributed by atoms with Crippen LogP contribution >= 0.6 is 15.9 Å². The first-order chi connectivity index (χ1) is 8.95. The van der Waals surface area contributed by atoms with Crippen molar-refractivity contribution in [3.63, 3.8) is 0 Å². The Hall–Kier alpha value is -1.12. The van der Waals surface area contributed by atoms with Gasteiger partial charge in [-0.3, -0.25) is 0 Å². The zero-order valence-electron chi connectivity index (χ0n) is 11.7. The van der Waals surface area contributed by atoms with Crippen molar-refractivity contribution in [2.75, 3.05) is 0 Å². The van der Waals surface area contributed by atoms with Crippen molar-refractivity contribution in [1.82, 2.24) is 0 Å². The average Bonchev–Trinajstić information content (AvgIpc) is 2.37. The molecule has 0 fully saturated rings. The van der Waals surface area contributed by atoms with Crippen LogP contribution in [0, 0.1) is 0 Å². The van der Waals surface area contributed by atoms with Crippen molar-refractivity contribution >= 4 is 41.3 Å². The summed E-state index contributed by atoms with van der Waals surface area (Å²) in [7, 11) is -1.18. The van der Waals surface area contributed by atoms with Crippen molar-refractivity contribution in [3.05, 3.63) is 64.1 Å². The third-order valence-electron chi connectivity index (χ3n) is 3.11. The first-order valence-electron chi connectivity index (χ1n) is 6.49. The molecule has 98 valence electrons. The van der Waals surface area contributed by atoms with Gasteiger partial charge in [-0.05, 0) is 23.3 Å². The maximum atomic E-state index is 3.45. The highest BCUT2D eigenvalue weighted by molar-refractivity contribution is 9.10. The number of rotatable bonds is 3. The summed E-state index contributed by atoms with van der Waals surface area (Å²) in [6.07, 6.45) is 4.31. The van der Waals surface area contributed by atoms with E-state index in [0.717, 1.165) is 4.47 Å². The predicted molar refractivity (Wildman–Crippen MR) is 92.5 cm³/mol. The van der Waals surface area contributed by atoms with Gasteiger partial charge in [-0.1, -0.05) is 89.3 Å². The van der Waals surface area contributed by atoms with Crippen LogP contribution in [-0.2, 0) is 0 Å². The van der Waals surface area contributed by atoms with E-state index in [1.807, 2.05) is 0 Å². The molecular weight excluding hydrogens is 312 g/mol. The van der Waals surface area contributed by atoms with Gasteiger partial charge >= 0.3 is 0 Å². The monoisotopic (exact) mass is 330 g/mol. The zero-order valence-corrected chi connectivity index (χ0v) is 14.2. The molecule has 0 aromatic heterocycles. The normalized spacial score (nSPS) is 12.0. The quantitative estimate of drug-likeness (QED) is 0.538. The molecule has 0 atom stereocenters. The summed E-state index contributed by atoms with van der Waals surface area (Å²) in [4.78, 5) is 0. The molecule has 0 radical (unpaired) electrons. The van der Waals surface area contributed by atoms with E-state index in [1.165, 1.54) is 16.3 Å². The van der Waals surface area contributed by atoms with Crippen molar-refractivity contribution < 1.29 is 0 Å². The molecule has 0 N–H and O–H groups in total. The molecule has 0 aliphatic carbocycles. The molecule has 0 saturated carbocycles. The van der Waals surface area contributed by atoms with E-state index in [0.29, 0.717) is 0 Å². The second-order valence-electron chi connectivity index (χ2n) is 5.76. The number of benzene rings is 2. The summed E-state index contributed by atoms with van der Waals surface area (Å²) in [6.45, 7) is 7.12. The van der Waals surface area contributed by atoms with Gasteiger partial charge in [0, 0.05) is 4.47 Å². The van der Waals surface area contributed by atoms with Crippen LogP contribution in [0.1, 0.15) is 11.1 Å². The third-order valence-corrected chi connectivity index (χ3v) is 5.71. The van der Waals surface area contributed by atoms with Crippen LogP contribution in [0.15, 0.2) is 53.0 Å². The van der Waals surface area contributed by atoms with Crippen LogP contribution in [0.25, 0.3) is 12.2 Å². The van der Waals surface area contributed by atoms with Crippen molar-refractivity contribution in [2.24, 2.45) is 0 Å². The molecule has 0 aliphatic heterocycles. The summed E-state index contributed by atoms with van der Waals surface area (Å²) < 4.78 is 1.11. The smallest absolute Gasteiger partial charge is 0.0656 e. The fourth-order valence-electron chi connectivity index (χ4n) is 1.86.